The highest BCUT2D eigenvalue weighted by atomic mass is 16.2. The number of nitrogens with one attached hydrogen (secondary N) is 1. The number of carbonyl (C=O) groups is 1. The molecule has 0 saturated carbocycles. The molecule has 3 rings (SSSR count). The molecule has 1 saturated heterocycles. The molecule has 1 aliphatic rings. The monoisotopic (exact) mass is 352 g/mol. The van der Waals surface area contributed by atoms with E-state index in [1.807, 2.05) is 17.0 Å². The molecule has 2 heterocycles. The molecule has 1 fully saturated rings. The summed E-state index contributed by atoms with van der Waals surface area (Å²) in [6.45, 7) is 9.44. The van der Waals surface area contributed by atoms with Crippen LogP contribution in [-0.2, 0) is 6.54 Å². The number of anilines is 1. The molecular formula is C21H28N4O. The van der Waals surface area contributed by atoms with E-state index < -0.39 is 0 Å². The van der Waals surface area contributed by atoms with E-state index in [9.17, 15) is 4.79 Å². The van der Waals surface area contributed by atoms with E-state index in [2.05, 4.69) is 53.3 Å². The Labute approximate surface area is 156 Å². The van der Waals surface area contributed by atoms with Gasteiger partial charge in [0.15, 0.2) is 0 Å². The van der Waals surface area contributed by atoms with Crippen molar-refractivity contribution in [1.29, 1.82) is 0 Å². The van der Waals surface area contributed by atoms with Crippen molar-refractivity contribution in [3.8, 4) is 0 Å². The number of amides is 1. The summed E-state index contributed by atoms with van der Waals surface area (Å²) in [6.07, 6.45) is 1.71. The number of piperazine rings is 1. The Morgan fingerprint density at radius 3 is 2.54 bits per heavy atom. The summed E-state index contributed by atoms with van der Waals surface area (Å²) in [5.41, 5.74) is 2.03. The highest BCUT2D eigenvalue weighted by Gasteiger charge is 2.22. The van der Waals surface area contributed by atoms with Gasteiger partial charge in [0.05, 0.1) is 0 Å². The van der Waals surface area contributed by atoms with Gasteiger partial charge >= 0.3 is 0 Å². The Kier molecular flexibility index (Phi) is 6.23. The van der Waals surface area contributed by atoms with Gasteiger partial charge in [-0.25, -0.2) is 4.98 Å². The second-order valence-corrected chi connectivity index (χ2v) is 7.26. The maximum absolute atomic E-state index is 12.8. The fourth-order valence-corrected chi connectivity index (χ4v) is 3.10. The number of benzene rings is 1. The van der Waals surface area contributed by atoms with Gasteiger partial charge in [-0.1, -0.05) is 44.2 Å². The third kappa shape index (κ3) is 5.05. The highest BCUT2D eigenvalue weighted by molar-refractivity contribution is 5.94. The molecule has 5 nitrogen and oxygen atoms in total. The van der Waals surface area contributed by atoms with E-state index in [1.165, 1.54) is 5.56 Å². The summed E-state index contributed by atoms with van der Waals surface area (Å²) in [5, 5.41) is 3.29. The van der Waals surface area contributed by atoms with Crippen molar-refractivity contribution < 1.29 is 4.79 Å². The standard InChI is InChI=1S/C21H28N4O/c1-17(2)15-23-20-14-19(8-9-22-20)21(26)25-12-10-24(11-13-25)16-18-6-4-3-5-7-18/h3-9,14,17H,10-13,15-16H2,1-2H3,(H,22,23). The van der Waals surface area contributed by atoms with Crippen molar-refractivity contribution in [3.05, 3.63) is 59.8 Å². The minimum Gasteiger partial charge on any atom is -0.370 e. The van der Waals surface area contributed by atoms with E-state index in [0.717, 1.165) is 45.1 Å². The van der Waals surface area contributed by atoms with E-state index in [-0.39, 0.29) is 5.91 Å². The molecule has 5 heteroatoms. The zero-order chi connectivity index (χ0) is 18.4. The van der Waals surface area contributed by atoms with Gasteiger partial charge in [-0.2, -0.15) is 0 Å². The van der Waals surface area contributed by atoms with Crippen LogP contribution in [-0.4, -0.2) is 53.4 Å². The van der Waals surface area contributed by atoms with E-state index >= 15 is 0 Å². The Bertz CT molecular complexity index is 709. The molecule has 1 aromatic carbocycles. The van der Waals surface area contributed by atoms with Crippen LogP contribution in [0.5, 0.6) is 0 Å². The predicted octanol–water partition coefficient (Wildman–Crippen LogP) is 3.11. The molecule has 0 bridgehead atoms. The van der Waals surface area contributed by atoms with Crippen LogP contribution in [0.15, 0.2) is 48.7 Å². The molecule has 1 aliphatic heterocycles. The van der Waals surface area contributed by atoms with Crippen molar-refractivity contribution in [3.63, 3.8) is 0 Å². The van der Waals surface area contributed by atoms with E-state index in [4.69, 9.17) is 0 Å². The minimum absolute atomic E-state index is 0.0966. The maximum atomic E-state index is 12.8. The largest absolute Gasteiger partial charge is 0.370 e. The third-order valence-electron chi connectivity index (χ3n) is 4.61. The van der Waals surface area contributed by atoms with Crippen LogP contribution in [0.25, 0.3) is 0 Å². The molecule has 0 spiro atoms. The summed E-state index contributed by atoms with van der Waals surface area (Å²) in [4.78, 5) is 21.5. The number of carbonyl (C=O) groups excluding carboxylic acids is 1. The average molecular weight is 352 g/mol. The van der Waals surface area contributed by atoms with E-state index in [1.54, 1.807) is 12.3 Å². The lowest BCUT2D eigenvalue weighted by molar-refractivity contribution is 0.0628. The number of pyridine rings is 1. The number of hydrogen-bond acceptors (Lipinski definition) is 4. The van der Waals surface area contributed by atoms with Crippen LogP contribution in [0.3, 0.4) is 0 Å². The van der Waals surface area contributed by atoms with Crippen molar-refractivity contribution in [1.82, 2.24) is 14.8 Å². The van der Waals surface area contributed by atoms with Crippen molar-refractivity contribution in [2.24, 2.45) is 5.92 Å². The summed E-state index contributed by atoms with van der Waals surface area (Å²) in [6, 6.07) is 14.2. The molecule has 26 heavy (non-hydrogen) atoms. The van der Waals surface area contributed by atoms with Crippen LogP contribution in [0.4, 0.5) is 5.82 Å². The molecule has 138 valence electrons. The van der Waals surface area contributed by atoms with Gasteiger partial charge in [-0.05, 0) is 23.6 Å². The van der Waals surface area contributed by atoms with Crippen LogP contribution >= 0.6 is 0 Å². The summed E-state index contributed by atoms with van der Waals surface area (Å²) < 4.78 is 0. The van der Waals surface area contributed by atoms with Gasteiger partial charge in [-0.15, -0.1) is 0 Å². The molecule has 0 unspecified atom stereocenters. The fourth-order valence-electron chi connectivity index (χ4n) is 3.10. The van der Waals surface area contributed by atoms with Crippen molar-refractivity contribution in [2.45, 2.75) is 20.4 Å². The number of nitrogens with zero attached hydrogens (tertiary/aromatic N) is 3. The molecule has 1 amide bonds. The van der Waals surface area contributed by atoms with Crippen LogP contribution in [0, 0.1) is 5.92 Å². The molecule has 0 radical (unpaired) electrons. The maximum Gasteiger partial charge on any atom is 0.254 e. The second-order valence-electron chi connectivity index (χ2n) is 7.26. The molecule has 0 aliphatic carbocycles. The Hall–Kier alpha value is -2.40. The highest BCUT2D eigenvalue weighted by Crippen LogP contribution is 2.14. The van der Waals surface area contributed by atoms with E-state index in [0.29, 0.717) is 11.5 Å². The number of rotatable bonds is 6. The lowest BCUT2D eigenvalue weighted by Gasteiger charge is -2.34. The lowest BCUT2D eigenvalue weighted by atomic mass is 10.1. The molecule has 1 aromatic heterocycles. The number of hydrogen-bond donors (Lipinski definition) is 1. The molecule has 2 aromatic rings. The van der Waals surface area contributed by atoms with Gasteiger partial charge in [0, 0.05) is 51.0 Å². The SMILES string of the molecule is CC(C)CNc1cc(C(=O)N2CCN(Cc3ccccc3)CC2)ccn1. The van der Waals surface area contributed by atoms with Gasteiger partial charge in [0.25, 0.3) is 5.91 Å². The van der Waals surface area contributed by atoms with Gasteiger partial charge in [-0.3, -0.25) is 9.69 Å². The third-order valence-corrected chi connectivity index (χ3v) is 4.61. The zero-order valence-electron chi connectivity index (χ0n) is 15.7. The lowest BCUT2D eigenvalue weighted by Crippen LogP contribution is -2.48. The zero-order valence-corrected chi connectivity index (χ0v) is 15.7. The van der Waals surface area contributed by atoms with Crippen LogP contribution in [0.1, 0.15) is 29.8 Å². The summed E-state index contributed by atoms with van der Waals surface area (Å²) >= 11 is 0. The average Bonchev–Trinajstić information content (AvgIpc) is 2.67. The molecular weight excluding hydrogens is 324 g/mol. The van der Waals surface area contributed by atoms with Gasteiger partial charge < -0.3 is 10.2 Å². The topological polar surface area (TPSA) is 48.5 Å². The Morgan fingerprint density at radius 1 is 1.12 bits per heavy atom. The second kappa shape index (κ2) is 8.81. The Balaban J connectivity index is 1.54. The first-order valence-corrected chi connectivity index (χ1v) is 9.37. The summed E-state index contributed by atoms with van der Waals surface area (Å²) in [5.74, 6) is 1.40. The smallest absolute Gasteiger partial charge is 0.254 e. The predicted molar refractivity (Wildman–Crippen MR) is 105 cm³/mol. The minimum atomic E-state index is 0.0966. The Morgan fingerprint density at radius 2 is 1.85 bits per heavy atom. The fraction of sp³-hybridized carbons (Fsp3) is 0.429. The first kappa shape index (κ1) is 18.4. The number of aromatic nitrogens is 1. The summed E-state index contributed by atoms with van der Waals surface area (Å²) in [7, 11) is 0. The van der Waals surface area contributed by atoms with Crippen LogP contribution in [0.2, 0.25) is 0 Å². The van der Waals surface area contributed by atoms with Crippen LogP contribution < -0.4 is 5.32 Å². The molecule has 1 N–H and O–H groups in total. The quantitative estimate of drug-likeness (QED) is 0.868. The van der Waals surface area contributed by atoms with Gasteiger partial charge in [0.2, 0.25) is 0 Å². The van der Waals surface area contributed by atoms with Gasteiger partial charge in [0.1, 0.15) is 5.82 Å². The molecule has 0 atom stereocenters. The first-order valence-electron chi connectivity index (χ1n) is 9.37. The first-order chi connectivity index (χ1) is 12.6. The van der Waals surface area contributed by atoms with Crippen molar-refractivity contribution in [2.75, 3.05) is 38.0 Å². The normalized spacial score (nSPS) is 15.3. The van der Waals surface area contributed by atoms with Crippen molar-refractivity contribution >= 4 is 11.7 Å².